The van der Waals surface area contributed by atoms with Crippen molar-refractivity contribution in [2.75, 3.05) is 0 Å². The highest BCUT2D eigenvalue weighted by Gasteiger charge is 2.13. The number of hydrogen-bond acceptors (Lipinski definition) is 3. The van der Waals surface area contributed by atoms with Crippen LogP contribution in [0, 0.1) is 13.8 Å². The summed E-state index contributed by atoms with van der Waals surface area (Å²) in [6.45, 7) is 3.98. The van der Waals surface area contributed by atoms with E-state index >= 15 is 0 Å². The van der Waals surface area contributed by atoms with Gasteiger partial charge in [-0.25, -0.2) is 0 Å². The molecule has 0 heterocycles. The van der Waals surface area contributed by atoms with Crippen molar-refractivity contribution < 1.29 is 9.94 Å². The Labute approximate surface area is 122 Å². The van der Waals surface area contributed by atoms with Gasteiger partial charge in [-0.05, 0) is 49.2 Å². The first-order chi connectivity index (χ1) is 9.51. The van der Waals surface area contributed by atoms with Crippen molar-refractivity contribution in [3.63, 3.8) is 0 Å². The van der Waals surface area contributed by atoms with Gasteiger partial charge in [-0.1, -0.05) is 28.9 Å². The van der Waals surface area contributed by atoms with Gasteiger partial charge >= 0.3 is 0 Å². The molecule has 104 valence electrons. The molecule has 0 amide bonds. The van der Waals surface area contributed by atoms with Crippen LogP contribution in [0.1, 0.15) is 16.7 Å². The molecule has 0 aliphatic heterocycles. The Bertz CT molecular complexity index is 649. The van der Waals surface area contributed by atoms with Crippen molar-refractivity contribution in [1.82, 2.24) is 0 Å². The number of nitrogens with zero attached hydrogens (tertiary/aromatic N) is 1. The first-order valence-corrected chi connectivity index (χ1v) is 6.41. The molecule has 2 aromatic carbocycles. The zero-order chi connectivity index (χ0) is 14.7. The third kappa shape index (κ3) is 3.03. The largest absolute Gasteiger partial charge is 0.457 e. The van der Waals surface area contributed by atoms with Crippen LogP contribution in [0.3, 0.4) is 0 Å². The Morgan fingerprint density at radius 2 is 1.85 bits per heavy atom. The van der Waals surface area contributed by atoms with E-state index in [4.69, 9.17) is 27.3 Å². The first kappa shape index (κ1) is 14.2. The van der Waals surface area contributed by atoms with E-state index in [0.717, 1.165) is 11.1 Å². The Kier molecular flexibility index (Phi) is 4.15. The maximum atomic E-state index is 8.84. The summed E-state index contributed by atoms with van der Waals surface area (Å²) in [4.78, 5) is 0. The molecule has 2 aromatic rings. The number of oxime groups is 1. The van der Waals surface area contributed by atoms with E-state index in [1.165, 1.54) is 0 Å². The summed E-state index contributed by atoms with van der Waals surface area (Å²) in [5.74, 6) is 1.03. The van der Waals surface area contributed by atoms with E-state index in [0.29, 0.717) is 22.1 Å². The van der Waals surface area contributed by atoms with Gasteiger partial charge in [-0.3, -0.25) is 0 Å². The van der Waals surface area contributed by atoms with Crippen LogP contribution in [0.5, 0.6) is 11.5 Å². The Morgan fingerprint density at radius 3 is 2.45 bits per heavy atom. The summed E-state index contributed by atoms with van der Waals surface area (Å²) >= 11 is 6.08. The standard InChI is InChI=1S/C15H15ClN2O2/c1-9-6-10(2)8-11(7-9)20-13-5-3-4-12(16)14(13)15(17)18-19/h3-8,19H,1-2H3,(H2,17,18). The second-order valence-corrected chi connectivity index (χ2v) is 4.93. The second kappa shape index (κ2) is 5.84. The first-order valence-electron chi connectivity index (χ1n) is 6.04. The van der Waals surface area contributed by atoms with Crippen LogP contribution in [0.4, 0.5) is 0 Å². The maximum Gasteiger partial charge on any atom is 0.175 e. The van der Waals surface area contributed by atoms with Crippen molar-refractivity contribution in [3.8, 4) is 11.5 Å². The molecule has 5 heteroatoms. The monoisotopic (exact) mass is 290 g/mol. The third-order valence-corrected chi connectivity index (χ3v) is 3.08. The molecule has 3 N–H and O–H groups in total. The van der Waals surface area contributed by atoms with Crippen LogP contribution in [0.2, 0.25) is 5.02 Å². The van der Waals surface area contributed by atoms with Crippen molar-refractivity contribution >= 4 is 17.4 Å². The van der Waals surface area contributed by atoms with E-state index < -0.39 is 0 Å². The fourth-order valence-electron chi connectivity index (χ4n) is 2.01. The highest BCUT2D eigenvalue weighted by Crippen LogP contribution is 2.31. The van der Waals surface area contributed by atoms with Gasteiger partial charge in [0.15, 0.2) is 5.84 Å². The number of nitrogens with two attached hydrogens (primary N) is 1. The number of ether oxygens (including phenoxy) is 1. The predicted octanol–water partition coefficient (Wildman–Crippen LogP) is 3.84. The number of rotatable bonds is 3. The van der Waals surface area contributed by atoms with Crippen LogP contribution in [-0.4, -0.2) is 11.0 Å². The SMILES string of the molecule is Cc1cc(C)cc(Oc2cccc(Cl)c2C(N)=NO)c1. The van der Waals surface area contributed by atoms with Crippen molar-refractivity contribution in [1.29, 1.82) is 0 Å². The van der Waals surface area contributed by atoms with Gasteiger partial charge in [-0.2, -0.15) is 0 Å². The topological polar surface area (TPSA) is 67.8 Å². The molecule has 0 aliphatic rings. The van der Waals surface area contributed by atoms with Crippen LogP contribution in [0.25, 0.3) is 0 Å². The number of amidine groups is 1. The Morgan fingerprint density at radius 1 is 1.20 bits per heavy atom. The molecule has 0 spiro atoms. The molecule has 20 heavy (non-hydrogen) atoms. The third-order valence-electron chi connectivity index (χ3n) is 2.76. The summed E-state index contributed by atoms with van der Waals surface area (Å²) in [5.41, 5.74) is 8.20. The van der Waals surface area contributed by atoms with E-state index in [-0.39, 0.29) is 5.84 Å². The summed E-state index contributed by atoms with van der Waals surface area (Å²) < 4.78 is 5.82. The molecule has 0 atom stereocenters. The van der Waals surface area contributed by atoms with E-state index in [9.17, 15) is 0 Å². The fraction of sp³-hybridized carbons (Fsp3) is 0.133. The molecule has 0 saturated heterocycles. The lowest BCUT2D eigenvalue weighted by Crippen LogP contribution is -2.14. The lowest BCUT2D eigenvalue weighted by Gasteiger charge is -2.12. The van der Waals surface area contributed by atoms with Gasteiger partial charge in [-0.15, -0.1) is 0 Å². The summed E-state index contributed by atoms with van der Waals surface area (Å²) in [6.07, 6.45) is 0. The lowest BCUT2D eigenvalue weighted by molar-refractivity contribution is 0.318. The zero-order valence-electron chi connectivity index (χ0n) is 11.2. The van der Waals surface area contributed by atoms with Gasteiger partial charge in [0, 0.05) is 0 Å². The Balaban J connectivity index is 2.46. The number of hydrogen-bond donors (Lipinski definition) is 2. The van der Waals surface area contributed by atoms with Crippen molar-refractivity contribution in [3.05, 3.63) is 58.1 Å². The van der Waals surface area contributed by atoms with E-state index in [2.05, 4.69) is 11.2 Å². The molecule has 0 unspecified atom stereocenters. The smallest absolute Gasteiger partial charge is 0.175 e. The maximum absolute atomic E-state index is 8.84. The molecule has 2 rings (SSSR count). The minimum absolute atomic E-state index is 0.0880. The van der Waals surface area contributed by atoms with Crippen LogP contribution < -0.4 is 10.5 Å². The van der Waals surface area contributed by atoms with E-state index in [1.807, 2.05) is 26.0 Å². The molecular formula is C15H15ClN2O2. The highest BCUT2D eigenvalue weighted by atomic mass is 35.5. The van der Waals surface area contributed by atoms with Gasteiger partial charge in [0.25, 0.3) is 0 Å². The molecule has 0 bridgehead atoms. The minimum Gasteiger partial charge on any atom is -0.457 e. The van der Waals surface area contributed by atoms with Crippen LogP contribution in [0.15, 0.2) is 41.6 Å². The lowest BCUT2D eigenvalue weighted by atomic mass is 10.1. The van der Waals surface area contributed by atoms with Crippen LogP contribution in [-0.2, 0) is 0 Å². The van der Waals surface area contributed by atoms with Crippen molar-refractivity contribution in [2.24, 2.45) is 10.9 Å². The number of aryl methyl sites for hydroxylation is 2. The van der Waals surface area contributed by atoms with E-state index in [1.54, 1.807) is 18.2 Å². The van der Waals surface area contributed by atoms with Gasteiger partial charge in [0.05, 0.1) is 10.6 Å². The van der Waals surface area contributed by atoms with Gasteiger partial charge < -0.3 is 15.7 Å². The molecule has 0 fully saturated rings. The highest BCUT2D eigenvalue weighted by molar-refractivity contribution is 6.34. The normalized spacial score (nSPS) is 11.4. The zero-order valence-corrected chi connectivity index (χ0v) is 12.0. The quantitative estimate of drug-likeness (QED) is 0.390. The molecule has 0 radical (unpaired) electrons. The number of halogens is 1. The summed E-state index contributed by atoms with van der Waals surface area (Å²) in [5, 5.41) is 12.2. The number of benzene rings is 2. The average molecular weight is 291 g/mol. The van der Waals surface area contributed by atoms with Gasteiger partial charge in [0.1, 0.15) is 11.5 Å². The minimum atomic E-state index is -0.0880. The fourth-order valence-corrected chi connectivity index (χ4v) is 2.27. The van der Waals surface area contributed by atoms with Crippen LogP contribution >= 0.6 is 11.6 Å². The Hall–Kier alpha value is -2.20. The molecule has 4 nitrogen and oxygen atoms in total. The molecular weight excluding hydrogens is 276 g/mol. The van der Waals surface area contributed by atoms with Gasteiger partial charge in [0.2, 0.25) is 0 Å². The molecule has 0 aliphatic carbocycles. The predicted molar refractivity (Wildman–Crippen MR) is 80.0 cm³/mol. The average Bonchev–Trinajstić information content (AvgIpc) is 2.37. The second-order valence-electron chi connectivity index (χ2n) is 4.52. The summed E-state index contributed by atoms with van der Waals surface area (Å²) in [6, 6.07) is 11.0. The molecule has 0 saturated carbocycles. The summed E-state index contributed by atoms with van der Waals surface area (Å²) in [7, 11) is 0. The van der Waals surface area contributed by atoms with Crippen molar-refractivity contribution in [2.45, 2.75) is 13.8 Å². The molecule has 0 aromatic heterocycles.